The van der Waals surface area contributed by atoms with Gasteiger partial charge in [0.1, 0.15) is 0 Å². The van der Waals surface area contributed by atoms with Crippen molar-refractivity contribution in [3.8, 4) is 0 Å². The molecule has 1 aromatic carbocycles. The summed E-state index contributed by atoms with van der Waals surface area (Å²) in [6.45, 7) is 1.91. The molecule has 3 rings (SSSR count). The molecule has 0 spiro atoms. The Morgan fingerprint density at radius 2 is 2.14 bits per heavy atom. The van der Waals surface area contributed by atoms with Crippen LogP contribution in [0.4, 0.5) is 5.69 Å². The molecule has 6 heteroatoms. The Kier molecular flexibility index (Phi) is 3.47. The van der Waals surface area contributed by atoms with Crippen molar-refractivity contribution in [2.45, 2.75) is 18.9 Å². The Balaban J connectivity index is 1.96. The zero-order chi connectivity index (χ0) is 15.2. The Labute approximate surface area is 133 Å². The maximum absolute atomic E-state index is 12.3. The summed E-state index contributed by atoms with van der Waals surface area (Å²) in [7, 11) is 0. The molecule has 1 aliphatic heterocycles. The van der Waals surface area contributed by atoms with Crippen LogP contribution in [0.25, 0.3) is 0 Å². The van der Waals surface area contributed by atoms with E-state index in [1.54, 1.807) is 24.3 Å². The molecule has 0 aliphatic carbocycles. The summed E-state index contributed by atoms with van der Waals surface area (Å²) in [6, 6.07) is 8.71. The van der Waals surface area contributed by atoms with Gasteiger partial charge in [0.05, 0.1) is 11.3 Å². The Hall–Kier alpha value is -1.50. The lowest BCUT2D eigenvalue weighted by Crippen LogP contribution is -2.36. The van der Waals surface area contributed by atoms with Gasteiger partial charge in [-0.05, 0) is 37.3 Å². The van der Waals surface area contributed by atoms with E-state index in [9.17, 15) is 14.7 Å². The third kappa shape index (κ3) is 2.43. The first-order valence-corrected chi connectivity index (χ1v) is 7.94. The monoisotopic (exact) mass is 365 g/mol. The number of amides is 1. The third-order valence-electron chi connectivity index (χ3n) is 3.48. The van der Waals surface area contributed by atoms with Crippen LogP contribution in [0.2, 0.25) is 0 Å². The molecule has 0 saturated heterocycles. The summed E-state index contributed by atoms with van der Waals surface area (Å²) in [5.74, 6) is -0.796. The van der Waals surface area contributed by atoms with Gasteiger partial charge in [-0.25, -0.2) is 0 Å². The van der Waals surface area contributed by atoms with Gasteiger partial charge in [-0.15, -0.1) is 11.3 Å². The fourth-order valence-electron chi connectivity index (χ4n) is 2.40. The minimum Gasteiger partial charge on any atom is -0.375 e. The number of aliphatic hydroxyl groups is 1. The standard InChI is InChI=1S/C15H12BrNO3S/c1-8-2-5-13(21-8)12(18)7-15(20)10-6-9(16)3-4-11(10)17-14(15)19/h2-6,20H,7H2,1H3,(H,17,19). The lowest BCUT2D eigenvalue weighted by atomic mass is 9.89. The van der Waals surface area contributed by atoms with Crippen LogP contribution in [0.3, 0.4) is 0 Å². The lowest BCUT2D eigenvalue weighted by Gasteiger charge is -2.19. The number of ketones is 1. The average Bonchev–Trinajstić information content (AvgIpc) is 2.95. The van der Waals surface area contributed by atoms with E-state index in [1.165, 1.54) is 11.3 Å². The van der Waals surface area contributed by atoms with E-state index in [0.29, 0.717) is 16.1 Å². The second kappa shape index (κ2) is 5.05. The van der Waals surface area contributed by atoms with Crippen LogP contribution in [-0.4, -0.2) is 16.8 Å². The molecule has 0 radical (unpaired) electrons. The highest BCUT2D eigenvalue weighted by Crippen LogP contribution is 2.40. The van der Waals surface area contributed by atoms with Crippen molar-refractivity contribution < 1.29 is 14.7 Å². The van der Waals surface area contributed by atoms with Crippen molar-refractivity contribution in [3.05, 3.63) is 50.1 Å². The van der Waals surface area contributed by atoms with Gasteiger partial charge in [0, 0.05) is 20.6 Å². The smallest absolute Gasteiger partial charge is 0.261 e. The van der Waals surface area contributed by atoms with E-state index in [4.69, 9.17) is 0 Å². The fraction of sp³-hybridized carbons (Fsp3) is 0.200. The largest absolute Gasteiger partial charge is 0.375 e. The molecule has 2 heterocycles. The maximum atomic E-state index is 12.3. The number of halogens is 1. The second-order valence-corrected chi connectivity index (χ2v) is 7.22. The van der Waals surface area contributed by atoms with Gasteiger partial charge in [0.15, 0.2) is 11.4 Å². The summed E-state index contributed by atoms with van der Waals surface area (Å²) in [5, 5.41) is 13.3. The number of hydrogen-bond acceptors (Lipinski definition) is 4. The predicted octanol–water partition coefficient (Wildman–Crippen LogP) is 3.23. The number of fused-ring (bicyclic) bond motifs is 1. The Bertz CT molecular complexity index is 755. The average molecular weight is 366 g/mol. The van der Waals surface area contributed by atoms with E-state index >= 15 is 0 Å². The van der Waals surface area contributed by atoms with E-state index in [-0.39, 0.29) is 12.2 Å². The molecule has 1 aromatic heterocycles. The summed E-state index contributed by atoms with van der Waals surface area (Å²) in [5.41, 5.74) is -0.835. The van der Waals surface area contributed by atoms with E-state index in [2.05, 4.69) is 21.2 Å². The first kappa shape index (κ1) is 14.4. The number of carbonyl (C=O) groups excluding carboxylic acids is 2. The minimum atomic E-state index is -1.81. The minimum absolute atomic E-state index is 0.237. The molecule has 2 aromatic rings. The highest BCUT2D eigenvalue weighted by molar-refractivity contribution is 9.10. The van der Waals surface area contributed by atoms with Gasteiger partial charge in [0.25, 0.3) is 5.91 Å². The SMILES string of the molecule is Cc1ccc(C(=O)CC2(O)C(=O)Nc3ccc(Br)cc32)s1. The molecule has 1 amide bonds. The number of nitrogens with one attached hydrogen (secondary N) is 1. The zero-order valence-electron chi connectivity index (χ0n) is 11.1. The van der Waals surface area contributed by atoms with Gasteiger partial charge in [0.2, 0.25) is 0 Å². The van der Waals surface area contributed by atoms with Crippen molar-refractivity contribution in [3.63, 3.8) is 0 Å². The Morgan fingerprint density at radius 3 is 2.81 bits per heavy atom. The van der Waals surface area contributed by atoms with Crippen LogP contribution in [-0.2, 0) is 10.4 Å². The van der Waals surface area contributed by atoms with Gasteiger partial charge in [-0.3, -0.25) is 9.59 Å². The molecule has 108 valence electrons. The van der Waals surface area contributed by atoms with Crippen molar-refractivity contribution in [2.24, 2.45) is 0 Å². The summed E-state index contributed by atoms with van der Waals surface area (Å²) >= 11 is 4.68. The van der Waals surface area contributed by atoms with Gasteiger partial charge < -0.3 is 10.4 Å². The highest BCUT2D eigenvalue weighted by atomic mass is 79.9. The molecule has 0 bridgehead atoms. The summed E-state index contributed by atoms with van der Waals surface area (Å²) in [4.78, 5) is 26.0. The van der Waals surface area contributed by atoms with Crippen LogP contribution >= 0.6 is 27.3 Å². The molecule has 4 nitrogen and oxygen atoms in total. The molecule has 0 saturated carbocycles. The second-order valence-electron chi connectivity index (χ2n) is 5.01. The summed E-state index contributed by atoms with van der Waals surface area (Å²) < 4.78 is 0.746. The molecule has 1 unspecified atom stereocenters. The third-order valence-corrected chi connectivity index (χ3v) is 5.02. The highest BCUT2D eigenvalue weighted by Gasteiger charge is 2.47. The van der Waals surface area contributed by atoms with Crippen LogP contribution < -0.4 is 5.32 Å². The van der Waals surface area contributed by atoms with E-state index in [0.717, 1.165) is 9.35 Å². The first-order chi connectivity index (χ1) is 9.90. The van der Waals surface area contributed by atoms with Crippen molar-refractivity contribution >= 4 is 44.6 Å². The maximum Gasteiger partial charge on any atom is 0.261 e. The zero-order valence-corrected chi connectivity index (χ0v) is 13.5. The predicted molar refractivity (Wildman–Crippen MR) is 84.7 cm³/mol. The number of anilines is 1. The van der Waals surface area contributed by atoms with Gasteiger partial charge in [-0.2, -0.15) is 0 Å². The summed E-state index contributed by atoms with van der Waals surface area (Å²) in [6.07, 6.45) is -0.262. The van der Waals surface area contributed by atoms with Crippen molar-refractivity contribution in [1.29, 1.82) is 0 Å². The number of hydrogen-bond donors (Lipinski definition) is 2. The number of aryl methyl sites for hydroxylation is 1. The number of Topliss-reactive ketones (excluding diaryl/α,β-unsaturated/α-hetero) is 1. The molecular formula is C15H12BrNO3S. The molecule has 0 fully saturated rings. The van der Waals surface area contributed by atoms with E-state index in [1.807, 2.05) is 13.0 Å². The Morgan fingerprint density at radius 1 is 1.38 bits per heavy atom. The van der Waals surface area contributed by atoms with Crippen molar-refractivity contribution in [2.75, 3.05) is 5.32 Å². The molecular weight excluding hydrogens is 354 g/mol. The van der Waals surface area contributed by atoms with E-state index < -0.39 is 11.5 Å². The molecule has 21 heavy (non-hydrogen) atoms. The first-order valence-electron chi connectivity index (χ1n) is 6.33. The van der Waals surface area contributed by atoms with Gasteiger partial charge >= 0.3 is 0 Å². The molecule has 1 atom stereocenters. The number of rotatable bonds is 3. The van der Waals surface area contributed by atoms with Gasteiger partial charge in [-0.1, -0.05) is 15.9 Å². The fourth-order valence-corrected chi connectivity index (χ4v) is 3.56. The van der Waals surface area contributed by atoms with Crippen molar-refractivity contribution in [1.82, 2.24) is 0 Å². The normalized spacial score (nSPS) is 20.2. The number of carbonyl (C=O) groups is 2. The quantitative estimate of drug-likeness (QED) is 0.820. The van der Waals surface area contributed by atoms with Crippen LogP contribution in [0.15, 0.2) is 34.8 Å². The lowest BCUT2D eigenvalue weighted by molar-refractivity contribution is -0.133. The number of benzene rings is 1. The molecule has 1 aliphatic rings. The number of thiophene rings is 1. The van der Waals surface area contributed by atoms with Crippen LogP contribution in [0.1, 0.15) is 26.5 Å². The van der Waals surface area contributed by atoms with Crippen LogP contribution in [0.5, 0.6) is 0 Å². The topological polar surface area (TPSA) is 66.4 Å². The van der Waals surface area contributed by atoms with Crippen LogP contribution in [0, 0.1) is 6.92 Å². The molecule has 2 N–H and O–H groups in total.